The predicted octanol–water partition coefficient (Wildman–Crippen LogP) is 3.47. The SMILES string of the molecule is Fc1cccc(Oc2ncc(-c3cccnc3)cn2)c1. The molecule has 0 saturated heterocycles. The summed E-state index contributed by atoms with van der Waals surface area (Å²) in [6, 6.07) is 9.75. The lowest BCUT2D eigenvalue weighted by atomic mass is 10.2. The molecule has 0 aliphatic rings. The van der Waals surface area contributed by atoms with E-state index < -0.39 is 0 Å². The lowest BCUT2D eigenvalue weighted by Crippen LogP contribution is -1.92. The fourth-order valence-electron chi connectivity index (χ4n) is 1.69. The summed E-state index contributed by atoms with van der Waals surface area (Å²) in [5.74, 6) is -0.00592. The molecular formula is C15H10FN3O. The summed E-state index contributed by atoms with van der Waals surface area (Å²) in [5, 5.41) is 0. The molecule has 4 nitrogen and oxygen atoms in total. The van der Waals surface area contributed by atoms with Crippen molar-refractivity contribution in [3.8, 4) is 22.9 Å². The third kappa shape index (κ3) is 2.77. The Labute approximate surface area is 114 Å². The maximum atomic E-state index is 13.0. The highest BCUT2D eigenvalue weighted by atomic mass is 19.1. The Morgan fingerprint density at radius 2 is 1.75 bits per heavy atom. The van der Waals surface area contributed by atoms with Gasteiger partial charge in [0.25, 0.3) is 0 Å². The molecule has 3 rings (SSSR count). The first kappa shape index (κ1) is 12.2. The normalized spacial score (nSPS) is 10.2. The molecule has 0 aliphatic carbocycles. The van der Waals surface area contributed by atoms with E-state index in [0.717, 1.165) is 11.1 Å². The minimum atomic E-state index is -0.366. The zero-order valence-corrected chi connectivity index (χ0v) is 10.4. The Morgan fingerprint density at radius 1 is 0.900 bits per heavy atom. The average molecular weight is 267 g/mol. The van der Waals surface area contributed by atoms with E-state index in [2.05, 4.69) is 15.0 Å². The molecule has 0 aliphatic heterocycles. The molecule has 1 aromatic carbocycles. The molecule has 0 unspecified atom stereocenters. The fourth-order valence-corrected chi connectivity index (χ4v) is 1.69. The molecular weight excluding hydrogens is 257 g/mol. The monoisotopic (exact) mass is 267 g/mol. The van der Waals surface area contributed by atoms with Gasteiger partial charge in [-0.1, -0.05) is 12.1 Å². The molecule has 0 spiro atoms. The third-order valence-electron chi connectivity index (χ3n) is 2.63. The van der Waals surface area contributed by atoms with Gasteiger partial charge in [0.05, 0.1) is 0 Å². The van der Waals surface area contributed by atoms with E-state index in [4.69, 9.17) is 4.74 Å². The van der Waals surface area contributed by atoms with Gasteiger partial charge in [-0.3, -0.25) is 4.98 Å². The van der Waals surface area contributed by atoms with E-state index in [1.165, 1.54) is 12.1 Å². The van der Waals surface area contributed by atoms with Crippen molar-refractivity contribution in [1.82, 2.24) is 15.0 Å². The van der Waals surface area contributed by atoms with Gasteiger partial charge in [-0.05, 0) is 18.2 Å². The van der Waals surface area contributed by atoms with Crippen LogP contribution in [0.1, 0.15) is 0 Å². The number of hydrogen-bond donors (Lipinski definition) is 0. The molecule has 0 fully saturated rings. The topological polar surface area (TPSA) is 47.9 Å². The van der Waals surface area contributed by atoms with Gasteiger partial charge in [0.1, 0.15) is 11.6 Å². The van der Waals surface area contributed by atoms with Crippen LogP contribution in [0.3, 0.4) is 0 Å². The molecule has 0 N–H and O–H groups in total. The van der Waals surface area contributed by atoms with Gasteiger partial charge in [0.2, 0.25) is 0 Å². The Bertz CT molecular complexity index is 702. The van der Waals surface area contributed by atoms with Gasteiger partial charge in [0.15, 0.2) is 0 Å². The van der Waals surface area contributed by atoms with Crippen LogP contribution in [-0.4, -0.2) is 15.0 Å². The zero-order valence-electron chi connectivity index (χ0n) is 10.4. The van der Waals surface area contributed by atoms with Gasteiger partial charge >= 0.3 is 6.01 Å². The molecule has 2 aromatic heterocycles. The number of aromatic nitrogens is 3. The number of ether oxygens (including phenoxy) is 1. The van der Waals surface area contributed by atoms with Crippen LogP contribution in [0.25, 0.3) is 11.1 Å². The summed E-state index contributed by atoms with van der Waals surface area (Å²) in [7, 11) is 0. The van der Waals surface area contributed by atoms with Crippen molar-refractivity contribution < 1.29 is 9.13 Å². The number of pyridine rings is 1. The Morgan fingerprint density at radius 3 is 2.45 bits per heavy atom. The van der Waals surface area contributed by atoms with E-state index in [0.29, 0.717) is 5.75 Å². The van der Waals surface area contributed by atoms with E-state index in [-0.39, 0.29) is 11.8 Å². The molecule has 20 heavy (non-hydrogen) atoms. The van der Waals surface area contributed by atoms with Crippen LogP contribution in [0, 0.1) is 5.82 Å². The standard InChI is InChI=1S/C15H10FN3O/c16-13-4-1-5-14(7-13)20-15-18-9-12(10-19-15)11-3-2-6-17-8-11/h1-10H. The first-order valence-corrected chi connectivity index (χ1v) is 5.97. The van der Waals surface area contributed by atoms with Crippen LogP contribution in [0.4, 0.5) is 4.39 Å². The number of rotatable bonds is 3. The maximum Gasteiger partial charge on any atom is 0.321 e. The van der Waals surface area contributed by atoms with E-state index in [9.17, 15) is 4.39 Å². The average Bonchev–Trinajstić information content (AvgIpc) is 2.49. The van der Waals surface area contributed by atoms with Crippen molar-refractivity contribution in [2.24, 2.45) is 0 Å². The van der Waals surface area contributed by atoms with Crippen LogP contribution in [0.5, 0.6) is 11.8 Å². The fraction of sp³-hybridized carbons (Fsp3) is 0. The number of hydrogen-bond acceptors (Lipinski definition) is 4. The summed E-state index contributed by atoms with van der Waals surface area (Å²) in [4.78, 5) is 12.2. The lowest BCUT2D eigenvalue weighted by Gasteiger charge is -2.04. The smallest absolute Gasteiger partial charge is 0.321 e. The molecule has 0 amide bonds. The first-order chi connectivity index (χ1) is 9.81. The maximum absolute atomic E-state index is 13.0. The molecule has 0 radical (unpaired) electrons. The van der Waals surface area contributed by atoms with E-state index in [1.807, 2.05) is 12.1 Å². The molecule has 0 saturated carbocycles. The summed E-state index contributed by atoms with van der Waals surface area (Å²) >= 11 is 0. The first-order valence-electron chi connectivity index (χ1n) is 5.97. The van der Waals surface area contributed by atoms with Crippen molar-refractivity contribution in [3.63, 3.8) is 0 Å². The number of benzene rings is 1. The number of nitrogens with zero attached hydrogens (tertiary/aromatic N) is 3. The minimum Gasteiger partial charge on any atom is -0.424 e. The predicted molar refractivity (Wildman–Crippen MR) is 71.7 cm³/mol. The summed E-state index contributed by atoms with van der Waals surface area (Å²) in [6.07, 6.45) is 6.70. The van der Waals surface area contributed by atoms with Crippen molar-refractivity contribution in [2.75, 3.05) is 0 Å². The van der Waals surface area contributed by atoms with Gasteiger partial charge in [-0.15, -0.1) is 0 Å². The van der Waals surface area contributed by atoms with E-state index in [1.54, 1.807) is 36.9 Å². The molecule has 98 valence electrons. The van der Waals surface area contributed by atoms with Gasteiger partial charge < -0.3 is 4.74 Å². The molecule has 0 atom stereocenters. The second-order valence-corrected chi connectivity index (χ2v) is 4.06. The van der Waals surface area contributed by atoms with Crippen LogP contribution in [0.15, 0.2) is 61.2 Å². The van der Waals surface area contributed by atoms with Crippen molar-refractivity contribution in [1.29, 1.82) is 0 Å². The summed E-state index contributed by atoms with van der Waals surface area (Å²) in [6.45, 7) is 0. The highest BCUT2D eigenvalue weighted by Gasteiger charge is 2.03. The quantitative estimate of drug-likeness (QED) is 0.729. The van der Waals surface area contributed by atoms with E-state index >= 15 is 0 Å². The van der Waals surface area contributed by atoms with Crippen molar-refractivity contribution in [3.05, 3.63) is 67.0 Å². The van der Waals surface area contributed by atoms with Crippen molar-refractivity contribution >= 4 is 0 Å². The molecule has 3 aromatic rings. The Balaban J connectivity index is 1.80. The Hall–Kier alpha value is -2.82. The Kier molecular flexibility index (Phi) is 3.33. The second-order valence-electron chi connectivity index (χ2n) is 4.06. The van der Waals surface area contributed by atoms with Crippen LogP contribution >= 0.6 is 0 Å². The zero-order chi connectivity index (χ0) is 13.8. The van der Waals surface area contributed by atoms with Gasteiger partial charge in [0, 0.05) is 42.0 Å². The molecule has 2 heterocycles. The van der Waals surface area contributed by atoms with Crippen LogP contribution in [0.2, 0.25) is 0 Å². The summed E-state index contributed by atoms with van der Waals surface area (Å²) in [5.41, 5.74) is 1.76. The number of halogens is 1. The molecule has 5 heteroatoms. The highest BCUT2D eigenvalue weighted by Crippen LogP contribution is 2.21. The third-order valence-corrected chi connectivity index (χ3v) is 2.63. The molecule has 0 bridgehead atoms. The largest absolute Gasteiger partial charge is 0.424 e. The van der Waals surface area contributed by atoms with Gasteiger partial charge in [-0.2, -0.15) is 0 Å². The summed E-state index contributed by atoms with van der Waals surface area (Å²) < 4.78 is 18.4. The van der Waals surface area contributed by atoms with Crippen LogP contribution in [-0.2, 0) is 0 Å². The lowest BCUT2D eigenvalue weighted by molar-refractivity contribution is 0.438. The minimum absolute atomic E-state index is 0.170. The van der Waals surface area contributed by atoms with Crippen molar-refractivity contribution in [2.45, 2.75) is 0 Å². The second kappa shape index (κ2) is 5.44. The van der Waals surface area contributed by atoms with Gasteiger partial charge in [-0.25, -0.2) is 14.4 Å². The highest BCUT2D eigenvalue weighted by molar-refractivity contribution is 5.59. The van der Waals surface area contributed by atoms with Crippen LogP contribution < -0.4 is 4.74 Å².